The first-order valence-corrected chi connectivity index (χ1v) is 9.96. The van der Waals surface area contributed by atoms with Gasteiger partial charge in [0.2, 0.25) is 11.8 Å². The number of hydrogen-bond acceptors (Lipinski definition) is 5. The van der Waals surface area contributed by atoms with Crippen LogP contribution in [0.2, 0.25) is 0 Å². The van der Waals surface area contributed by atoms with Gasteiger partial charge in [-0.15, -0.1) is 0 Å². The van der Waals surface area contributed by atoms with Crippen molar-refractivity contribution in [3.63, 3.8) is 0 Å². The zero-order valence-electron chi connectivity index (χ0n) is 17.1. The van der Waals surface area contributed by atoms with Gasteiger partial charge in [-0.1, -0.05) is 6.07 Å². The number of ether oxygens (including phenoxy) is 1. The van der Waals surface area contributed by atoms with E-state index in [0.717, 1.165) is 37.7 Å². The van der Waals surface area contributed by atoms with Crippen molar-refractivity contribution in [1.29, 1.82) is 0 Å². The summed E-state index contributed by atoms with van der Waals surface area (Å²) in [5, 5.41) is 5.52. The van der Waals surface area contributed by atoms with Crippen LogP contribution in [0.1, 0.15) is 6.42 Å². The summed E-state index contributed by atoms with van der Waals surface area (Å²) >= 11 is 0. The molecule has 0 spiro atoms. The molecule has 0 atom stereocenters. The van der Waals surface area contributed by atoms with Gasteiger partial charge in [0.15, 0.2) is 0 Å². The third-order valence-corrected chi connectivity index (χ3v) is 4.77. The first-order valence-electron chi connectivity index (χ1n) is 9.96. The van der Waals surface area contributed by atoms with Crippen LogP contribution < -0.4 is 15.5 Å². The third kappa shape index (κ3) is 6.82. The lowest BCUT2D eigenvalue weighted by Crippen LogP contribution is -2.36. The zero-order chi connectivity index (χ0) is 21.3. The molecule has 0 unspecified atom stereocenters. The predicted octanol–water partition coefficient (Wildman–Crippen LogP) is 2.56. The van der Waals surface area contributed by atoms with Gasteiger partial charge in [0.25, 0.3) is 0 Å². The predicted molar refractivity (Wildman–Crippen MR) is 115 cm³/mol. The molecule has 8 heteroatoms. The summed E-state index contributed by atoms with van der Waals surface area (Å²) in [6, 6.07) is 13.5. The van der Waals surface area contributed by atoms with Crippen molar-refractivity contribution in [2.75, 3.05) is 62.0 Å². The summed E-state index contributed by atoms with van der Waals surface area (Å²) < 4.78 is 18.5. The number of rotatable bonds is 8. The molecular weight excluding hydrogens is 387 g/mol. The third-order valence-electron chi connectivity index (χ3n) is 4.77. The second-order valence-electron chi connectivity index (χ2n) is 7.24. The van der Waals surface area contributed by atoms with E-state index in [1.165, 1.54) is 18.2 Å². The molecule has 1 aliphatic heterocycles. The normalized spacial score (nSPS) is 13.9. The Hall–Kier alpha value is -2.97. The molecule has 0 aromatic heterocycles. The van der Waals surface area contributed by atoms with Crippen LogP contribution in [-0.4, -0.2) is 63.2 Å². The molecule has 2 aromatic rings. The zero-order valence-corrected chi connectivity index (χ0v) is 17.1. The molecule has 0 aliphatic carbocycles. The van der Waals surface area contributed by atoms with Gasteiger partial charge in [0.05, 0.1) is 19.8 Å². The Labute approximate surface area is 175 Å². The van der Waals surface area contributed by atoms with Crippen LogP contribution in [0.3, 0.4) is 0 Å². The maximum atomic E-state index is 13.2. The summed E-state index contributed by atoms with van der Waals surface area (Å²) in [5.74, 6) is -0.784. The molecule has 3 rings (SSSR count). The minimum atomic E-state index is -0.403. The molecule has 1 fully saturated rings. The van der Waals surface area contributed by atoms with E-state index >= 15 is 0 Å². The van der Waals surface area contributed by atoms with Crippen LogP contribution in [0.4, 0.5) is 21.5 Å². The van der Waals surface area contributed by atoms with Crippen LogP contribution in [0.5, 0.6) is 0 Å². The Kier molecular flexibility index (Phi) is 7.75. The summed E-state index contributed by atoms with van der Waals surface area (Å²) in [7, 11) is 1.77. The Morgan fingerprint density at radius 3 is 2.43 bits per heavy atom. The maximum absolute atomic E-state index is 13.2. The van der Waals surface area contributed by atoms with Gasteiger partial charge in [0, 0.05) is 43.1 Å². The summed E-state index contributed by atoms with van der Waals surface area (Å²) in [4.78, 5) is 28.3. The largest absolute Gasteiger partial charge is 0.378 e. The number of nitrogens with one attached hydrogen (secondary N) is 2. The minimum Gasteiger partial charge on any atom is -0.378 e. The quantitative estimate of drug-likeness (QED) is 0.695. The molecule has 7 nitrogen and oxygen atoms in total. The van der Waals surface area contributed by atoms with Crippen molar-refractivity contribution in [3.8, 4) is 0 Å². The van der Waals surface area contributed by atoms with E-state index in [1.807, 2.05) is 24.3 Å². The number of hydrogen-bond donors (Lipinski definition) is 2. The number of halogens is 1. The standard InChI is InChI=1S/C22H27FN4O3/c1-26(10-9-21(28)25-19-4-2-3-17(23)15-19)16-22(29)24-18-5-7-20(8-6-18)27-11-13-30-14-12-27/h2-8,15H,9-14,16H2,1H3,(H,24,29)(H,25,28). The minimum absolute atomic E-state index is 0.151. The first kappa shape index (κ1) is 21.7. The van der Waals surface area contributed by atoms with Crippen LogP contribution in [0.25, 0.3) is 0 Å². The van der Waals surface area contributed by atoms with Crippen molar-refractivity contribution >= 4 is 28.9 Å². The number of benzene rings is 2. The van der Waals surface area contributed by atoms with Crippen molar-refractivity contribution in [1.82, 2.24) is 4.90 Å². The fraction of sp³-hybridized carbons (Fsp3) is 0.364. The molecule has 2 N–H and O–H groups in total. The molecule has 0 radical (unpaired) electrons. The molecule has 160 valence electrons. The Morgan fingerprint density at radius 2 is 1.73 bits per heavy atom. The highest BCUT2D eigenvalue weighted by Gasteiger charge is 2.12. The molecule has 0 bridgehead atoms. The fourth-order valence-corrected chi connectivity index (χ4v) is 3.18. The van der Waals surface area contributed by atoms with Gasteiger partial charge < -0.3 is 20.3 Å². The smallest absolute Gasteiger partial charge is 0.238 e. The fourth-order valence-electron chi connectivity index (χ4n) is 3.18. The van der Waals surface area contributed by atoms with E-state index in [0.29, 0.717) is 12.2 Å². The number of nitrogens with zero attached hydrogens (tertiary/aromatic N) is 2. The van der Waals surface area contributed by atoms with Crippen molar-refractivity contribution < 1.29 is 18.7 Å². The highest BCUT2D eigenvalue weighted by atomic mass is 19.1. The number of amides is 2. The van der Waals surface area contributed by atoms with Gasteiger partial charge in [0.1, 0.15) is 5.82 Å². The Bertz CT molecular complexity index is 854. The molecule has 2 aromatic carbocycles. The number of carbonyl (C=O) groups excluding carboxylic acids is 2. The summed E-state index contributed by atoms with van der Waals surface area (Å²) in [5.41, 5.74) is 2.26. The highest BCUT2D eigenvalue weighted by molar-refractivity contribution is 5.93. The number of carbonyl (C=O) groups is 2. The van der Waals surface area contributed by atoms with Crippen LogP contribution in [-0.2, 0) is 14.3 Å². The molecule has 2 amide bonds. The van der Waals surface area contributed by atoms with Crippen molar-refractivity contribution in [2.45, 2.75) is 6.42 Å². The lowest BCUT2D eigenvalue weighted by Gasteiger charge is -2.28. The summed E-state index contributed by atoms with van der Waals surface area (Å²) in [6.07, 6.45) is 0.203. The average molecular weight is 414 g/mol. The molecule has 30 heavy (non-hydrogen) atoms. The molecule has 1 saturated heterocycles. The monoisotopic (exact) mass is 414 g/mol. The van der Waals surface area contributed by atoms with Crippen molar-refractivity contribution in [3.05, 3.63) is 54.3 Å². The van der Waals surface area contributed by atoms with Crippen LogP contribution in [0, 0.1) is 5.82 Å². The van der Waals surface area contributed by atoms with Crippen LogP contribution in [0.15, 0.2) is 48.5 Å². The highest BCUT2D eigenvalue weighted by Crippen LogP contribution is 2.19. The average Bonchev–Trinajstić information content (AvgIpc) is 2.73. The number of morpholine rings is 1. The van der Waals surface area contributed by atoms with Gasteiger partial charge in [-0.3, -0.25) is 14.5 Å². The van der Waals surface area contributed by atoms with Gasteiger partial charge >= 0.3 is 0 Å². The van der Waals surface area contributed by atoms with E-state index in [9.17, 15) is 14.0 Å². The first-order chi connectivity index (χ1) is 14.5. The van der Waals surface area contributed by atoms with Gasteiger partial charge in [-0.2, -0.15) is 0 Å². The summed E-state index contributed by atoms with van der Waals surface area (Å²) in [6.45, 7) is 3.76. The van der Waals surface area contributed by atoms with Gasteiger partial charge in [-0.05, 0) is 49.5 Å². The van der Waals surface area contributed by atoms with Crippen LogP contribution >= 0.6 is 0 Å². The lowest BCUT2D eigenvalue weighted by molar-refractivity contribution is -0.119. The van der Waals surface area contributed by atoms with E-state index in [2.05, 4.69) is 15.5 Å². The van der Waals surface area contributed by atoms with E-state index in [4.69, 9.17) is 4.74 Å². The maximum Gasteiger partial charge on any atom is 0.238 e. The Morgan fingerprint density at radius 1 is 1.03 bits per heavy atom. The van der Waals surface area contributed by atoms with E-state index in [1.54, 1.807) is 18.0 Å². The molecular formula is C22H27FN4O3. The topological polar surface area (TPSA) is 73.9 Å². The SMILES string of the molecule is CN(CCC(=O)Nc1cccc(F)c1)CC(=O)Nc1ccc(N2CCOCC2)cc1. The second kappa shape index (κ2) is 10.7. The molecule has 1 aliphatic rings. The lowest BCUT2D eigenvalue weighted by atomic mass is 10.2. The van der Waals surface area contributed by atoms with Gasteiger partial charge in [-0.25, -0.2) is 4.39 Å². The van der Waals surface area contributed by atoms with E-state index < -0.39 is 5.82 Å². The Balaban J connectivity index is 1.39. The van der Waals surface area contributed by atoms with Crippen molar-refractivity contribution in [2.24, 2.45) is 0 Å². The second-order valence-corrected chi connectivity index (χ2v) is 7.24. The molecule has 0 saturated carbocycles. The van der Waals surface area contributed by atoms with E-state index in [-0.39, 0.29) is 24.8 Å². The molecule has 1 heterocycles. The number of likely N-dealkylation sites (N-methyl/N-ethyl adjacent to an activating group) is 1. The number of anilines is 3.